The minimum absolute atomic E-state index is 0.214. The molecular weight excluding hydrogens is 136 g/mol. The smallest absolute Gasteiger partial charge is 0.127 e. The van der Waals surface area contributed by atoms with Gasteiger partial charge in [0.15, 0.2) is 0 Å². The van der Waals surface area contributed by atoms with E-state index in [1.807, 2.05) is 0 Å². The van der Waals surface area contributed by atoms with Crippen molar-refractivity contribution in [2.24, 2.45) is 11.8 Å². The van der Waals surface area contributed by atoms with Crippen LogP contribution in [0.1, 0.15) is 33.6 Å². The van der Waals surface area contributed by atoms with E-state index in [0.717, 1.165) is 12.7 Å². The molecule has 0 aromatic carbocycles. The number of hydrogen-bond acceptors (Lipinski definition) is 1. The van der Waals surface area contributed by atoms with Gasteiger partial charge in [0.1, 0.15) is 6.29 Å². The van der Waals surface area contributed by atoms with Crippen LogP contribution >= 0.6 is 0 Å². The first-order valence-electron chi connectivity index (χ1n) is 4.29. The Morgan fingerprint density at radius 2 is 1.91 bits per heavy atom. The van der Waals surface area contributed by atoms with Crippen molar-refractivity contribution in [1.82, 2.24) is 0 Å². The lowest BCUT2D eigenvalue weighted by Gasteiger charge is -2.25. The van der Waals surface area contributed by atoms with E-state index in [1.54, 1.807) is 0 Å². The Bertz CT molecular complexity index is 191. The zero-order valence-electron chi connectivity index (χ0n) is 7.55. The molecule has 0 aliphatic heterocycles. The largest absolute Gasteiger partial charge is 0.303 e. The fraction of sp³-hybridized carbons (Fsp3) is 0.700. The minimum Gasteiger partial charge on any atom is -0.303 e. The van der Waals surface area contributed by atoms with Crippen LogP contribution in [0.4, 0.5) is 0 Å². The van der Waals surface area contributed by atoms with Crippen LogP contribution in [0, 0.1) is 11.8 Å². The third kappa shape index (κ3) is 1.52. The van der Waals surface area contributed by atoms with E-state index in [9.17, 15) is 4.79 Å². The van der Waals surface area contributed by atoms with Gasteiger partial charge in [0.2, 0.25) is 0 Å². The van der Waals surface area contributed by atoms with E-state index in [-0.39, 0.29) is 5.92 Å². The molecular formula is C10H16O. The lowest BCUT2D eigenvalue weighted by Crippen LogP contribution is -2.16. The van der Waals surface area contributed by atoms with Gasteiger partial charge in [-0.05, 0) is 32.6 Å². The molecule has 0 fully saturated rings. The quantitative estimate of drug-likeness (QED) is 0.417. The van der Waals surface area contributed by atoms with E-state index < -0.39 is 0 Å². The lowest BCUT2D eigenvalue weighted by atomic mass is 9.79. The predicted octanol–water partition coefficient (Wildman–Crippen LogP) is 2.57. The number of rotatable bonds is 1. The standard InChI is InChI=1S/C10H16O/c1-7-4-5-10(6-11)9(3)8(7)2/h6-7,10H,4-5H2,1-3H3. The van der Waals surface area contributed by atoms with Crippen LogP contribution in [0.5, 0.6) is 0 Å². The minimum atomic E-state index is 0.214. The Morgan fingerprint density at radius 3 is 2.45 bits per heavy atom. The van der Waals surface area contributed by atoms with Gasteiger partial charge < -0.3 is 4.79 Å². The van der Waals surface area contributed by atoms with E-state index in [2.05, 4.69) is 20.8 Å². The molecule has 62 valence electrons. The molecule has 1 aliphatic rings. The van der Waals surface area contributed by atoms with Crippen molar-refractivity contribution < 1.29 is 4.79 Å². The monoisotopic (exact) mass is 152 g/mol. The van der Waals surface area contributed by atoms with Crippen LogP contribution in [-0.4, -0.2) is 6.29 Å². The second-order valence-corrected chi connectivity index (χ2v) is 3.59. The van der Waals surface area contributed by atoms with E-state index in [4.69, 9.17) is 0 Å². The Labute approximate surface area is 68.5 Å². The van der Waals surface area contributed by atoms with Crippen LogP contribution in [0.15, 0.2) is 11.1 Å². The second kappa shape index (κ2) is 3.21. The number of allylic oxidation sites excluding steroid dienone is 2. The van der Waals surface area contributed by atoms with Gasteiger partial charge in [-0.3, -0.25) is 0 Å². The fourth-order valence-electron chi connectivity index (χ4n) is 1.71. The summed E-state index contributed by atoms with van der Waals surface area (Å²) in [5.41, 5.74) is 2.73. The molecule has 0 bridgehead atoms. The van der Waals surface area contributed by atoms with Crippen molar-refractivity contribution >= 4 is 6.29 Å². The van der Waals surface area contributed by atoms with Crippen LogP contribution in [-0.2, 0) is 4.79 Å². The van der Waals surface area contributed by atoms with E-state index in [0.29, 0.717) is 5.92 Å². The number of hydrogen-bond donors (Lipinski definition) is 0. The Morgan fingerprint density at radius 1 is 1.27 bits per heavy atom. The maximum atomic E-state index is 10.6. The van der Waals surface area contributed by atoms with Crippen LogP contribution in [0.2, 0.25) is 0 Å². The molecule has 0 aromatic rings. The molecule has 2 atom stereocenters. The van der Waals surface area contributed by atoms with Gasteiger partial charge in [0.25, 0.3) is 0 Å². The van der Waals surface area contributed by atoms with Gasteiger partial charge in [-0.15, -0.1) is 0 Å². The van der Waals surface area contributed by atoms with Gasteiger partial charge >= 0.3 is 0 Å². The molecule has 0 N–H and O–H groups in total. The van der Waals surface area contributed by atoms with Crippen LogP contribution < -0.4 is 0 Å². The summed E-state index contributed by atoms with van der Waals surface area (Å²) >= 11 is 0. The summed E-state index contributed by atoms with van der Waals surface area (Å²) in [7, 11) is 0. The molecule has 1 rings (SSSR count). The molecule has 0 saturated carbocycles. The molecule has 1 heteroatoms. The zero-order chi connectivity index (χ0) is 8.43. The van der Waals surface area contributed by atoms with E-state index >= 15 is 0 Å². The fourth-order valence-corrected chi connectivity index (χ4v) is 1.71. The predicted molar refractivity (Wildman–Crippen MR) is 46.3 cm³/mol. The average molecular weight is 152 g/mol. The summed E-state index contributed by atoms with van der Waals surface area (Å²) in [6.07, 6.45) is 3.31. The molecule has 0 heterocycles. The van der Waals surface area contributed by atoms with Crippen molar-refractivity contribution in [3.05, 3.63) is 11.1 Å². The second-order valence-electron chi connectivity index (χ2n) is 3.59. The summed E-state index contributed by atoms with van der Waals surface area (Å²) in [4.78, 5) is 10.6. The zero-order valence-corrected chi connectivity index (χ0v) is 7.55. The summed E-state index contributed by atoms with van der Waals surface area (Å²) in [6.45, 7) is 6.47. The highest BCUT2D eigenvalue weighted by Crippen LogP contribution is 2.32. The number of carbonyl (C=O) groups excluding carboxylic acids is 1. The molecule has 0 aromatic heterocycles. The van der Waals surface area contributed by atoms with Gasteiger partial charge in [-0.1, -0.05) is 18.1 Å². The molecule has 0 spiro atoms. The van der Waals surface area contributed by atoms with Gasteiger partial charge in [-0.25, -0.2) is 0 Å². The van der Waals surface area contributed by atoms with Crippen LogP contribution in [0.3, 0.4) is 0 Å². The summed E-state index contributed by atoms with van der Waals surface area (Å²) in [5.74, 6) is 0.900. The summed E-state index contributed by atoms with van der Waals surface area (Å²) in [5, 5.41) is 0. The Kier molecular flexibility index (Phi) is 2.48. The molecule has 11 heavy (non-hydrogen) atoms. The highest BCUT2D eigenvalue weighted by atomic mass is 16.1. The normalized spacial score (nSPS) is 32.3. The molecule has 2 unspecified atom stereocenters. The lowest BCUT2D eigenvalue weighted by molar-refractivity contribution is -0.110. The number of carbonyl (C=O) groups is 1. The topological polar surface area (TPSA) is 17.1 Å². The molecule has 0 amide bonds. The molecule has 1 aliphatic carbocycles. The molecule has 0 saturated heterocycles. The maximum absolute atomic E-state index is 10.6. The third-order valence-corrected chi connectivity index (χ3v) is 2.99. The van der Waals surface area contributed by atoms with Gasteiger partial charge in [0.05, 0.1) is 0 Å². The SMILES string of the molecule is CC1=C(C)C(C=O)CCC1C. The Balaban J connectivity index is 2.86. The highest BCUT2D eigenvalue weighted by molar-refractivity contribution is 5.59. The summed E-state index contributed by atoms with van der Waals surface area (Å²) < 4.78 is 0. The van der Waals surface area contributed by atoms with Crippen LogP contribution in [0.25, 0.3) is 0 Å². The highest BCUT2D eigenvalue weighted by Gasteiger charge is 2.21. The maximum Gasteiger partial charge on any atom is 0.127 e. The third-order valence-electron chi connectivity index (χ3n) is 2.99. The first-order valence-corrected chi connectivity index (χ1v) is 4.29. The van der Waals surface area contributed by atoms with Gasteiger partial charge in [-0.2, -0.15) is 0 Å². The van der Waals surface area contributed by atoms with Crippen molar-refractivity contribution in [1.29, 1.82) is 0 Å². The molecule has 0 radical (unpaired) electrons. The Hall–Kier alpha value is -0.590. The van der Waals surface area contributed by atoms with Crippen molar-refractivity contribution in [2.45, 2.75) is 33.6 Å². The average Bonchev–Trinajstić information content (AvgIpc) is 2.01. The summed E-state index contributed by atoms with van der Waals surface area (Å²) in [6, 6.07) is 0. The van der Waals surface area contributed by atoms with Gasteiger partial charge in [0, 0.05) is 5.92 Å². The first-order chi connectivity index (χ1) is 5.16. The number of aldehydes is 1. The van der Waals surface area contributed by atoms with E-state index in [1.165, 1.54) is 17.6 Å². The molecule has 1 nitrogen and oxygen atoms in total. The van der Waals surface area contributed by atoms with Crippen molar-refractivity contribution in [3.8, 4) is 0 Å². The first kappa shape index (κ1) is 8.51. The van der Waals surface area contributed by atoms with Crippen molar-refractivity contribution in [3.63, 3.8) is 0 Å². The van der Waals surface area contributed by atoms with Crippen molar-refractivity contribution in [2.75, 3.05) is 0 Å².